The largest absolute Gasteiger partial charge is 0.468 e. The Balaban J connectivity index is 1.87. The third kappa shape index (κ3) is 2.41. The van der Waals surface area contributed by atoms with Crippen molar-refractivity contribution in [2.45, 2.75) is 32.4 Å². The quantitative estimate of drug-likeness (QED) is 0.853. The van der Waals surface area contributed by atoms with Crippen LogP contribution in [-0.4, -0.2) is 58.3 Å². The smallest absolute Gasteiger partial charge is 0.323 e. The zero-order chi connectivity index (χ0) is 15.9. The van der Waals surface area contributed by atoms with Crippen LogP contribution >= 0.6 is 0 Å². The molecule has 7 heteroatoms. The van der Waals surface area contributed by atoms with E-state index in [1.54, 1.807) is 6.20 Å². The van der Waals surface area contributed by atoms with Crippen LogP contribution in [0.2, 0.25) is 0 Å². The van der Waals surface area contributed by atoms with Gasteiger partial charge in [0.05, 0.1) is 13.3 Å². The third-order valence-corrected chi connectivity index (χ3v) is 4.38. The molecule has 7 nitrogen and oxygen atoms in total. The fraction of sp³-hybridized carbons (Fsp3) is 0.533. The second-order valence-corrected chi connectivity index (χ2v) is 5.83. The van der Waals surface area contributed by atoms with E-state index in [1.165, 1.54) is 7.11 Å². The molecule has 1 N–H and O–H groups in total. The highest BCUT2D eigenvalue weighted by Crippen LogP contribution is 2.24. The standard InChI is InChI=1S/C15H21N5O2/c1-9-10(2)17-13-5-6-16-20(13)14(9)18-11-7-12(15(21)22-4)19(3)8-11/h5-6,11-12,18H,7-8H2,1-4H3/t11-,12+/m1/s1. The number of nitrogens with one attached hydrogen (secondary N) is 1. The lowest BCUT2D eigenvalue weighted by Gasteiger charge is -2.18. The Morgan fingerprint density at radius 3 is 2.95 bits per heavy atom. The average molecular weight is 303 g/mol. The van der Waals surface area contributed by atoms with Crippen LogP contribution in [-0.2, 0) is 9.53 Å². The number of fused-ring (bicyclic) bond motifs is 1. The van der Waals surface area contributed by atoms with Gasteiger partial charge in [0.15, 0.2) is 5.65 Å². The van der Waals surface area contributed by atoms with Gasteiger partial charge in [0, 0.05) is 29.9 Å². The highest BCUT2D eigenvalue weighted by Gasteiger charge is 2.35. The van der Waals surface area contributed by atoms with Crippen molar-refractivity contribution in [1.29, 1.82) is 0 Å². The van der Waals surface area contributed by atoms with Crippen LogP contribution in [0.25, 0.3) is 5.65 Å². The van der Waals surface area contributed by atoms with Crippen LogP contribution in [0.15, 0.2) is 12.3 Å². The summed E-state index contributed by atoms with van der Waals surface area (Å²) in [6, 6.07) is 1.86. The number of methoxy groups -OCH3 is 1. The minimum absolute atomic E-state index is 0.169. The summed E-state index contributed by atoms with van der Waals surface area (Å²) in [5.41, 5.74) is 2.87. The lowest BCUT2D eigenvalue weighted by molar-refractivity contribution is -0.145. The topological polar surface area (TPSA) is 71.8 Å². The first kappa shape index (κ1) is 14.8. The molecule has 2 aromatic heterocycles. The van der Waals surface area contributed by atoms with Gasteiger partial charge in [0.25, 0.3) is 0 Å². The third-order valence-electron chi connectivity index (χ3n) is 4.38. The Hall–Kier alpha value is -2.15. The second kappa shape index (κ2) is 5.57. The van der Waals surface area contributed by atoms with Gasteiger partial charge >= 0.3 is 5.97 Å². The van der Waals surface area contributed by atoms with Crippen LogP contribution in [0, 0.1) is 13.8 Å². The monoisotopic (exact) mass is 303 g/mol. The van der Waals surface area contributed by atoms with Gasteiger partial charge < -0.3 is 10.1 Å². The van der Waals surface area contributed by atoms with E-state index in [0.29, 0.717) is 6.42 Å². The molecular formula is C15H21N5O2. The maximum Gasteiger partial charge on any atom is 0.323 e. The number of aryl methyl sites for hydroxylation is 1. The van der Waals surface area contributed by atoms with E-state index in [1.807, 2.05) is 36.4 Å². The molecule has 3 rings (SSSR count). The Kier molecular flexibility index (Phi) is 3.74. The van der Waals surface area contributed by atoms with Crippen LogP contribution in [0.3, 0.4) is 0 Å². The van der Waals surface area contributed by atoms with Crippen LogP contribution in [0.1, 0.15) is 17.7 Å². The summed E-state index contributed by atoms with van der Waals surface area (Å²) < 4.78 is 6.68. The fourth-order valence-corrected chi connectivity index (χ4v) is 3.02. The Morgan fingerprint density at radius 1 is 1.45 bits per heavy atom. The Morgan fingerprint density at radius 2 is 2.23 bits per heavy atom. The highest BCUT2D eigenvalue weighted by atomic mass is 16.5. The minimum Gasteiger partial charge on any atom is -0.468 e. The molecule has 1 fully saturated rings. The Labute approximate surface area is 129 Å². The predicted octanol–water partition coefficient (Wildman–Crippen LogP) is 1.00. The molecule has 0 spiro atoms. The number of carbonyl (C=O) groups is 1. The molecule has 1 saturated heterocycles. The predicted molar refractivity (Wildman–Crippen MR) is 82.9 cm³/mol. The molecule has 1 aliphatic heterocycles. The number of ether oxygens (including phenoxy) is 1. The molecule has 2 atom stereocenters. The lowest BCUT2D eigenvalue weighted by Crippen LogP contribution is -2.33. The molecule has 0 aromatic carbocycles. The number of likely N-dealkylation sites (N-methyl/N-ethyl adjacent to an activating group) is 1. The minimum atomic E-state index is -0.196. The van der Waals surface area contributed by atoms with E-state index < -0.39 is 0 Å². The van der Waals surface area contributed by atoms with E-state index in [9.17, 15) is 4.79 Å². The molecule has 118 valence electrons. The number of anilines is 1. The van der Waals surface area contributed by atoms with Gasteiger partial charge in [-0.3, -0.25) is 9.69 Å². The number of esters is 1. The first-order valence-corrected chi connectivity index (χ1v) is 7.36. The summed E-state index contributed by atoms with van der Waals surface area (Å²) in [6.07, 6.45) is 2.46. The van der Waals surface area contributed by atoms with Crippen molar-refractivity contribution in [1.82, 2.24) is 19.5 Å². The summed E-state index contributed by atoms with van der Waals surface area (Å²) in [4.78, 5) is 18.3. The summed E-state index contributed by atoms with van der Waals surface area (Å²) in [7, 11) is 3.37. The number of likely N-dealkylation sites (tertiary alicyclic amines) is 1. The van der Waals surface area contributed by atoms with Gasteiger partial charge in [-0.1, -0.05) is 0 Å². The van der Waals surface area contributed by atoms with Crippen molar-refractivity contribution >= 4 is 17.4 Å². The van der Waals surface area contributed by atoms with E-state index in [-0.39, 0.29) is 18.1 Å². The second-order valence-electron chi connectivity index (χ2n) is 5.83. The van der Waals surface area contributed by atoms with E-state index in [4.69, 9.17) is 4.74 Å². The zero-order valence-electron chi connectivity index (χ0n) is 13.3. The molecule has 1 aliphatic rings. The average Bonchev–Trinajstić information content (AvgIpc) is 3.09. The summed E-state index contributed by atoms with van der Waals surface area (Å²) >= 11 is 0. The van der Waals surface area contributed by atoms with Crippen molar-refractivity contribution in [3.05, 3.63) is 23.5 Å². The number of nitrogens with zero attached hydrogens (tertiary/aromatic N) is 4. The van der Waals surface area contributed by atoms with E-state index in [0.717, 1.165) is 29.3 Å². The summed E-state index contributed by atoms with van der Waals surface area (Å²) in [6.45, 7) is 4.80. The number of aromatic nitrogens is 3. The molecule has 22 heavy (non-hydrogen) atoms. The van der Waals surface area contributed by atoms with Crippen molar-refractivity contribution in [2.75, 3.05) is 26.0 Å². The van der Waals surface area contributed by atoms with Gasteiger partial charge in [0.1, 0.15) is 11.9 Å². The molecular weight excluding hydrogens is 282 g/mol. The molecule has 0 radical (unpaired) electrons. The Bertz CT molecular complexity index is 711. The van der Waals surface area contributed by atoms with Gasteiger partial charge in [-0.25, -0.2) is 4.98 Å². The summed E-state index contributed by atoms with van der Waals surface area (Å²) in [5.74, 6) is 0.759. The molecule has 0 unspecified atom stereocenters. The van der Waals surface area contributed by atoms with Crippen molar-refractivity contribution < 1.29 is 9.53 Å². The highest BCUT2D eigenvalue weighted by molar-refractivity contribution is 5.76. The van der Waals surface area contributed by atoms with E-state index in [2.05, 4.69) is 15.4 Å². The van der Waals surface area contributed by atoms with Crippen molar-refractivity contribution in [3.63, 3.8) is 0 Å². The zero-order valence-corrected chi connectivity index (χ0v) is 13.3. The van der Waals surface area contributed by atoms with Crippen molar-refractivity contribution in [2.24, 2.45) is 0 Å². The van der Waals surface area contributed by atoms with Gasteiger partial charge in [-0.15, -0.1) is 0 Å². The van der Waals surface area contributed by atoms with Crippen LogP contribution in [0.5, 0.6) is 0 Å². The SMILES string of the molecule is COC(=O)[C@@H]1C[C@@H](Nc2c(C)c(C)nc3ccnn23)CN1C. The van der Waals surface area contributed by atoms with Crippen LogP contribution in [0.4, 0.5) is 5.82 Å². The van der Waals surface area contributed by atoms with Gasteiger partial charge in [-0.05, 0) is 27.3 Å². The number of hydrogen-bond donors (Lipinski definition) is 1. The lowest BCUT2D eigenvalue weighted by atomic mass is 10.1. The molecule has 0 bridgehead atoms. The first-order chi connectivity index (χ1) is 10.5. The van der Waals surface area contributed by atoms with Crippen molar-refractivity contribution in [3.8, 4) is 0 Å². The molecule has 0 saturated carbocycles. The molecule has 0 aliphatic carbocycles. The number of hydrogen-bond acceptors (Lipinski definition) is 6. The van der Waals surface area contributed by atoms with Gasteiger partial charge in [0.2, 0.25) is 0 Å². The number of rotatable bonds is 3. The van der Waals surface area contributed by atoms with E-state index >= 15 is 0 Å². The van der Waals surface area contributed by atoms with Gasteiger partial charge in [-0.2, -0.15) is 9.61 Å². The first-order valence-electron chi connectivity index (χ1n) is 7.36. The molecule has 2 aromatic rings. The number of carbonyl (C=O) groups excluding carboxylic acids is 1. The summed E-state index contributed by atoms with van der Waals surface area (Å²) in [5, 5.41) is 7.87. The maximum atomic E-state index is 11.8. The maximum absolute atomic E-state index is 11.8. The molecule has 3 heterocycles. The molecule has 0 amide bonds. The normalized spacial score (nSPS) is 22.2. The van der Waals surface area contributed by atoms with Crippen LogP contribution < -0.4 is 5.32 Å². The fourth-order valence-electron chi connectivity index (χ4n) is 3.02.